The lowest BCUT2D eigenvalue weighted by Crippen LogP contribution is -2.35. The second-order valence-corrected chi connectivity index (χ2v) is 3.48. The summed E-state index contributed by atoms with van der Waals surface area (Å²) in [6, 6.07) is 0. The summed E-state index contributed by atoms with van der Waals surface area (Å²) in [4.78, 5) is 0. The Labute approximate surface area is 48.8 Å². The summed E-state index contributed by atoms with van der Waals surface area (Å²) in [6.07, 6.45) is 0. The van der Waals surface area contributed by atoms with E-state index in [1.54, 1.807) is 0 Å². The van der Waals surface area contributed by atoms with Crippen molar-refractivity contribution in [1.82, 2.24) is 0 Å². The molecule has 0 N–H and O–H groups in total. The quantitative estimate of drug-likeness (QED) is 0.490. The predicted octanol–water partition coefficient (Wildman–Crippen LogP) is 0.288. The highest BCUT2D eigenvalue weighted by molar-refractivity contribution is 8.08. The maximum Gasteiger partial charge on any atom is 0.122 e. The van der Waals surface area contributed by atoms with Crippen molar-refractivity contribution in [1.29, 1.82) is 0 Å². The third-order valence-corrected chi connectivity index (χ3v) is 2.42. The first-order valence-electron chi connectivity index (χ1n) is 1.95. The summed E-state index contributed by atoms with van der Waals surface area (Å²) in [5.74, 6) is 0. The van der Waals surface area contributed by atoms with Gasteiger partial charge in [-0.3, -0.25) is 0 Å². The van der Waals surface area contributed by atoms with Crippen molar-refractivity contribution in [3.05, 3.63) is 0 Å². The Kier molecular flexibility index (Phi) is 1.67. The minimum Gasteiger partial charge on any atom is -0.379 e. The van der Waals surface area contributed by atoms with E-state index in [4.69, 9.17) is 15.4 Å². The molecule has 0 amide bonds. The second kappa shape index (κ2) is 2.11. The monoisotopic (exact) mass is 140 g/mol. The van der Waals surface area contributed by atoms with Crippen LogP contribution >= 0.6 is 10.7 Å². The molecule has 0 aromatic carbocycles. The van der Waals surface area contributed by atoms with Gasteiger partial charge < -0.3 is 4.74 Å². The highest BCUT2D eigenvalue weighted by atomic mass is 35.7. The van der Waals surface area contributed by atoms with E-state index < -0.39 is 10.0 Å². The van der Waals surface area contributed by atoms with Crippen LogP contribution in [0.3, 0.4) is 0 Å². The van der Waals surface area contributed by atoms with Crippen LogP contribution in [0.25, 0.3) is 0 Å². The van der Waals surface area contributed by atoms with Gasteiger partial charge in [0.1, 0.15) is 10.0 Å². The van der Waals surface area contributed by atoms with E-state index in [2.05, 4.69) is 0 Å². The molecule has 1 fully saturated rings. The zero-order chi connectivity index (χ0) is 5.28. The number of ether oxygens (including phenoxy) is 1. The van der Waals surface area contributed by atoms with Crippen LogP contribution in [0.4, 0.5) is 0 Å². The van der Waals surface area contributed by atoms with Gasteiger partial charge in [-0.15, -0.1) is 0 Å². The third kappa shape index (κ3) is 1.15. The Morgan fingerprint density at radius 2 is 2.29 bits per heavy atom. The predicted molar refractivity (Wildman–Crippen MR) is 28.6 cm³/mol. The zero-order valence-corrected chi connectivity index (χ0v) is 5.17. The van der Waals surface area contributed by atoms with Crippen LogP contribution in [-0.2, 0) is 14.7 Å². The summed E-state index contributed by atoms with van der Waals surface area (Å²) in [5, 5.41) is 0.0988. The lowest BCUT2D eigenvalue weighted by atomic mass is 10.4. The van der Waals surface area contributed by atoms with Gasteiger partial charge in [0.15, 0.2) is 0 Å². The lowest BCUT2D eigenvalue weighted by Gasteiger charge is -2.21. The molecule has 0 aromatic heterocycles. The maximum atomic E-state index is 10.2. The van der Waals surface area contributed by atoms with E-state index in [-0.39, 0.29) is 5.25 Å². The van der Waals surface area contributed by atoms with Gasteiger partial charge in [0.2, 0.25) is 0 Å². The van der Waals surface area contributed by atoms with Crippen LogP contribution in [-0.4, -0.2) is 22.7 Å². The molecule has 42 valence electrons. The molecule has 0 radical (unpaired) electrons. The number of hydrogen-bond donors (Lipinski definition) is 0. The van der Waals surface area contributed by atoms with Gasteiger partial charge in [-0.05, 0) is 10.7 Å². The fraction of sp³-hybridized carbons (Fsp3) is 1.00. The summed E-state index contributed by atoms with van der Waals surface area (Å²) in [5.41, 5.74) is 0. The summed E-state index contributed by atoms with van der Waals surface area (Å²) in [7, 11) is 4.00. The van der Waals surface area contributed by atoms with Crippen molar-refractivity contribution >= 4 is 20.7 Å². The van der Waals surface area contributed by atoms with Gasteiger partial charge in [0.05, 0.1) is 18.5 Å². The van der Waals surface area contributed by atoms with Crippen molar-refractivity contribution in [2.24, 2.45) is 0 Å². The van der Waals surface area contributed by atoms with Gasteiger partial charge in [-0.25, -0.2) is 4.21 Å². The molecule has 0 bridgehead atoms. The molecule has 1 atom stereocenters. The number of rotatable bonds is 1. The largest absolute Gasteiger partial charge is 0.379 e. The SMILES string of the molecule is O=S(Cl)C1COC1. The Morgan fingerprint density at radius 1 is 1.71 bits per heavy atom. The maximum absolute atomic E-state index is 10.2. The molecule has 0 aliphatic carbocycles. The molecular weight excluding hydrogens is 136 g/mol. The van der Waals surface area contributed by atoms with Crippen molar-refractivity contribution in [3.8, 4) is 0 Å². The Morgan fingerprint density at radius 3 is 2.29 bits per heavy atom. The Balaban J connectivity index is 2.27. The average molecular weight is 141 g/mol. The fourth-order valence-corrected chi connectivity index (χ4v) is 1.04. The lowest BCUT2D eigenvalue weighted by molar-refractivity contribution is 0.0442. The van der Waals surface area contributed by atoms with Crippen LogP contribution in [0.1, 0.15) is 0 Å². The van der Waals surface area contributed by atoms with Crippen LogP contribution in [0.15, 0.2) is 0 Å². The van der Waals surface area contributed by atoms with Crippen LogP contribution in [0.2, 0.25) is 0 Å². The zero-order valence-electron chi connectivity index (χ0n) is 3.59. The van der Waals surface area contributed by atoms with Gasteiger partial charge in [0, 0.05) is 0 Å². The second-order valence-electron chi connectivity index (χ2n) is 1.41. The van der Waals surface area contributed by atoms with Crippen molar-refractivity contribution in [2.45, 2.75) is 5.25 Å². The van der Waals surface area contributed by atoms with Crippen LogP contribution < -0.4 is 0 Å². The normalized spacial score (nSPS) is 26.4. The van der Waals surface area contributed by atoms with E-state index in [1.165, 1.54) is 0 Å². The highest BCUT2D eigenvalue weighted by Crippen LogP contribution is 2.10. The van der Waals surface area contributed by atoms with Gasteiger partial charge >= 0.3 is 0 Å². The standard InChI is InChI=1S/C3H5ClO2S/c4-7(5)3-1-6-2-3/h3H,1-2H2. The van der Waals surface area contributed by atoms with E-state index in [0.717, 1.165) is 0 Å². The van der Waals surface area contributed by atoms with Crippen LogP contribution in [0, 0.1) is 0 Å². The first-order chi connectivity index (χ1) is 3.30. The molecule has 1 unspecified atom stereocenters. The van der Waals surface area contributed by atoms with Gasteiger partial charge in [-0.1, -0.05) is 0 Å². The molecule has 1 aliphatic heterocycles. The number of hydrogen-bond acceptors (Lipinski definition) is 2. The molecule has 1 aliphatic rings. The third-order valence-electron chi connectivity index (χ3n) is 0.870. The Hall–Kier alpha value is 0.400. The Bertz CT molecular complexity index is 90.9. The molecular formula is C3H5ClO2S. The smallest absolute Gasteiger partial charge is 0.122 e. The van der Waals surface area contributed by atoms with Gasteiger partial charge in [0.25, 0.3) is 0 Å². The van der Waals surface area contributed by atoms with E-state index in [1.807, 2.05) is 0 Å². The van der Waals surface area contributed by atoms with Crippen LogP contribution in [0.5, 0.6) is 0 Å². The summed E-state index contributed by atoms with van der Waals surface area (Å²) < 4.78 is 14.9. The van der Waals surface area contributed by atoms with E-state index >= 15 is 0 Å². The van der Waals surface area contributed by atoms with Crippen molar-refractivity contribution < 1.29 is 8.95 Å². The molecule has 2 nitrogen and oxygen atoms in total. The van der Waals surface area contributed by atoms with E-state index in [9.17, 15) is 4.21 Å². The van der Waals surface area contributed by atoms with Crippen molar-refractivity contribution in [3.63, 3.8) is 0 Å². The molecule has 1 saturated heterocycles. The summed E-state index contributed by atoms with van der Waals surface area (Å²) in [6.45, 7) is 1.13. The molecule has 0 aromatic rings. The minimum atomic E-state index is -1.18. The molecule has 4 heteroatoms. The molecule has 1 heterocycles. The fourth-order valence-electron chi connectivity index (χ4n) is 0.321. The van der Waals surface area contributed by atoms with E-state index in [0.29, 0.717) is 13.2 Å². The number of halogens is 1. The van der Waals surface area contributed by atoms with Gasteiger partial charge in [-0.2, -0.15) is 0 Å². The highest BCUT2D eigenvalue weighted by Gasteiger charge is 2.23. The topological polar surface area (TPSA) is 26.3 Å². The summed E-state index contributed by atoms with van der Waals surface area (Å²) >= 11 is 0. The molecule has 0 spiro atoms. The molecule has 7 heavy (non-hydrogen) atoms. The minimum absolute atomic E-state index is 0.0988. The molecule has 0 saturated carbocycles. The van der Waals surface area contributed by atoms with Crippen molar-refractivity contribution in [2.75, 3.05) is 13.2 Å². The first-order valence-corrected chi connectivity index (χ1v) is 3.99. The first kappa shape index (κ1) is 5.54. The average Bonchev–Trinajstić information content (AvgIpc) is 1.23. The molecule has 1 rings (SSSR count).